The summed E-state index contributed by atoms with van der Waals surface area (Å²) >= 11 is 5.66. The van der Waals surface area contributed by atoms with Crippen LogP contribution in [0, 0.1) is 6.92 Å². The SMILES string of the molecule is CCN(CCNC(=O)COC(=O)c1ccc(Cl)nc1)c1cccc(C)c1. The number of aryl methyl sites for hydroxylation is 1. The Morgan fingerprint density at radius 3 is 2.73 bits per heavy atom. The Morgan fingerprint density at radius 1 is 1.27 bits per heavy atom. The molecule has 0 saturated carbocycles. The third-order valence-corrected chi connectivity index (χ3v) is 3.97. The van der Waals surface area contributed by atoms with Gasteiger partial charge in [-0.15, -0.1) is 0 Å². The van der Waals surface area contributed by atoms with Gasteiger partial charge in [-0.3, -0.25) is 4.79 Å². The first-order valence-corrected chi connectivity index (χ1v) is 8.74. The maximum absolute atomic E-state index is 11.8. The van der Waals surface area contributed by atoms with E-state index in [1.807, 2.05) is 25.1 Å². The van der Waals surface area contributed by atoms with Crippen LogP contribution in [0.25, 0.3) is 0 Å². The zero-order valence-electron chi connectivity index (χ0n) is 14.9. The van der Waals surface area contributed by atoms with Crippen LogP contribution in [0.4, 0.5) is 5.69 Å². The minimum absolute atomic E-state index is 0.249. The number of hydrogen-bond acceptors (Lipinski definition) is 5. The Hall–Kier alpha value is -2.60. The van der Waals surface area contributed by atoms with Gasteiger partial charge < -0.3 is 15.0 Å². The minimum atomic E-state index is -0.612. The fraction of sp³-hybridized carbons (Fsp3) is 0.316. The van der Waals surface area contributed by atoms with E-state index in [0.717, 1.165) is 12.2 Å². The molecule has 0 unspecified atom stereocenters. The summed E-state index contributed by atoms with van der Waals surface area (Å²) < 4.78 is 4.97. The van der Waals surface area contributed by atoms with Crippen molar-refractivity contribution in [3.63, 3.8) is 0 Å². The van der Waals surface area contributed by atoms with Gasteiger partial charge in [-0.2, -0.15) is 0 Å². The molecule has 1 heterocycles. The number of aromatic nitrogens is 1. The average Bonchev–Trinajstić information content (AvgIpc) is 2.64. The van der Waals surface area contributed by atoms with Crippen LogP contribution in [0.15, 0.2) is 42.6 Å². The molecule has 0 aliphatic rings. The number of carbonyl (C=O) groups is 2. The van der Waals surface area contributed by atoms with Crippen LogP contribution in [0.5, 0.6) is 0 Å². The fourth-order valence-corrected chi connectivity index (χ4v) is 2.50. The number of hydrogen-bond donors (Lipinski definition) is 1. The van der Waals surface area contributed by atoms with Gasteiger partial charge in [-0.25, -0.2) is 9.78 Å². The number of halogens is 1. The Bertz CT molecular complexity index is 750. The number of anilines is 1. The molecule has 2 aromatic rings. The van der Waals surface area contributed by atoms with Gasteiger partial charge in [0.2, 0.25) is 0 Å². The predicted octanol–water partition coefficient (Wildman–Crippen LogP) is 2.84. The molecule has 0 aliphatic carbocycles. The van der Waals surface area contributed by atoms with Crippen LogP contribution < -0.4 is 10.2 Å². The molecule has 0 radical (unpaired) electrons. The third-order valence-electron chi connectivity index (χ3n) is 3.75. The van der Waals surface area contributed by atoms with Crippen LogP contribution in [-0.2, 0) is 9.53 Å². The average molecular weight is 376 g/mol. The van der Waals surface area contributed by atoms with Gasteiger partial charge in [-0.05, 0) is 43.7 Å². The minimum Gasteiger partial charge on any atom is -0.452 e. The first-order valence-electron chi connectivity index (χ1n) is 8.36. The van der Waals surface area contributed by atoms with E-state index in [2.05, 4.69) is 28.2 Å². The molecule has 0 aliphatic heterocycles. The maximum Gasteiger partial charge on any atom is 0.340 e. The van der Waals surface area contributed by atoms with E-state index in [9.17, 15) is 9.59 Å². The van der Waals surface area contributed by atoms with Crippen molar-refractivity contribution in [2.45, 2.75) is 13.8 Å². The molecule has 2 rings (SSSR count). The molecule has 138 valence electrons. The van der Waals surface area contributed by atoms with Crippen molar-refractivity contribution in [1.29, 1.82) is 0 Å². The van der Waals surface area contributed by atoms with Gasteiger partial charge in [0.25, 0.3) is 5.91 Å². The number of esters is 1. The number of likely N-dealkylation sites (N-methyl/N-ethyl adjacent to an activating group) is 1. The molecule has 0 saturated heterocycles. The molecule has 0 fully saturated rings. The lowest BCUT2D eigenvalue weighted by Crippen LogP contribution is -2.36. The summed E-state index contributed by atoms with van der Waals surface area (Å²) in [5, 5.41) is 3.04. The van der Waals surface area contributed by atoms with Gasteiger partial charge in [0.1, 0.15) is 5.15 Å². The molecule has 0 spiro atoms. The van der Waals surface area contributed by atoms with Gasteiger partial charge in [0.05, 0.1) is 5.56 Å². The summed E-state index contributed by atoms with van der Waals surface area (Å²) in [7, 11) is 0. The van der Waals surface area contributed by atoms with Crippen molar-refractivity contribution >= 4 is 29.2 Å². The maximum atomic E-state index is 11.8. The molecule has 26 heavy (non-hydrogen) atoms. The summed E-state index contributed by atoms with van der Waals surface area (Å²) in [6.07, 6.45) is 1.31. The van der Waals surface area contributed by atoms with Gasteiger partial charge in [-0.1, -0.05) is 23.7 Å². The zero-order valence-corrected chi connectivity index (χ0v) is 15.6. The highest BCUT2D eigenvalue weighted by molar-refractivity contribution is 6.29. The largest absolute Gasteiger partial charge is 0.452 e. The summed E-state index contributed by atoms with van der Waals surface area (Å²) in [6.45, 7) is 5.73. The first kappa shape index (κ1) is 19.7. The van der Waals surface area contributed by atoms with Crippen LogP contribution in [0.1, 0.15) is 22.8 Å². The predicted molar refractivity (Wildman–Crippen MR) is 102 cm³/mol. The lowest BCUT2D eigenvalue weighted by Gasteiger charge is -2.23. The van der Waals surface area contributed by atoms with E-state index in [4.69, 9.17) is 16.3 Å². The van der Waals surface area contributed by atoms with Crippen molar-refractivity contribution in [1.82, 2.24) is 10.3 Å². The molecular weight excluding hydrogens is 354 g/mol. The van der Waals surface area contributed by atoms with Crippen LogP contribution >= 0.6 is 11.6 Å². The van der Waals surface area contributed by atoms with E-state index in [0.29, 0.717) is 13.1 Å². The lowest BCUT2D eigenvalue weighted by atomic mass is 10.2. The zero-order chi connectivity index (χ0) is 18.9. The van der Waals surface area contributed by atoms with E-state index in [-0.39, 0.29) is 23.2 Å². The highest BCUT2D eigenvalue weighted by Crippen LogP contribution is 2.15. The lowest BCUT2D eigenvalue weighted by molar-refractivity contribution is -0.124. The number of carbonyl (C=O) groups excluding carboxylic acids is 2. The monoisotopic (exact) mass is 375 g/mol. The highest BCUT2D eigenvalue weighted by atomic mass is 35.5. The highest BCUT2D eigenvalue weighted by Gasteiger charge is 2.11. The van der Waals surface area contributed by atoms with Crippen molar-refractivity contribution in [2.75, 3.05) is 31.1 Å². The Morgan fingerprint density at radius 2 is 2.08 bits per heavy atom. The number of ether oxygens (including phenoxy) is 1. The summed E-state index contributed by atoms with van der Waals surface area (Å²) in [4.78, 5) is 29.6. The van der Waals surface area contributed by atoms with Crippen molar-refractivity contribution in [3.05, 3.63) is 58.9 Å². The van der Waals surface area contributed by atoms with Gasteiger partial charge >= 0.3 is 5.97 Å². The normalized spacial score (nSPS) is 10.3. The van der Waals surface area contributed by atoms with Gasteiger partial charge in [0.15, 0.2) is 6.61 Å². The number of nitrogens with one attached hydrogen (secondary N) is 1. The smallest absolute Gasteiger partial charge is 0.340 e. The molecule has 7 heteroatoms. The fourth-order valence-electron chi connectivity index (χ4n) is 2.39. The van der Waals surface area contributed by atoms with Crippen LogP contribution in [0.3, 0.4) is 0 Å². The first-order chi connectivity index (χ1) is 12.5. The number of pyridine rings is 1. The number of rotatable bonds is 8. The van der Waals surface area contributed by atoms with Crippen molar-refractivity contribution in [3.8, 4) is 0 Å². The molecule has 1 aromatic carbocycles. The molecule has 1 amide bonds. The van der Waals surface area contributed by atoms with E-state index < -0.39 is 5.97 Å². The number of nitrogens with zero attached hydrogens (tertiary/aromatic N) is 2. The second kappa shape index (κ2) is 9.77. The van der Waals surface area contributed by atoms with Crippen molar-refractivity contribution in [2.24, 2.45) is 0 Å². The van der Waals surface area contributed by atoms with E-state index >= 15 is 0 Å². The Labute approximate surface area is 158 Å². The molecule has 6 nitrogen and oxygen atoms in total. The number of amides is 1. The second-order valence-electron chi connectivity index (χ2n) is 5.71. The molecular formula is C19H22ClN3O3. The van der Waals surface area contributed by atoms with Crippen molar-refractivity contribution < 1.29 is 14.3 Å². The quantitative estimate of drug-likeness (QED) is 0.567. The summed E-state index contributed by atoms with van der Waals surface area (Å²) in [5.41, 5.74) is 2.55. The topological polar surface area (TPSA) is 71.5 Å². The Kier molecular flexibility index (Phi) is 7.41. The van der Waals surface area contributed by atoms with E-state index in [1.54, 1.807) is 0 Å². The van der Waals surface area contributed by atoms with Crippen LogP contribution in [0.2, 0.25) is 5.15 Å². The molecule has 1 aromatic heterocycles. The molecule has 1 N–H and O–H groups in total. The molecule has 0 atom stereocenters. The van der Waals surface area contributed by atoms with Gasteiger partial charge in [0, 0.05) is 31.5 Å². The summed E-state index contributed by atoms with van der Waals surface area (Å²) in [6, 6.07) is 11.2. The number of benzene rings is 1. The third kappa shape index (κ3) is 6.04. The summed E-state index contributed by atoms with van der Waals surface area (Å²) in [5.74, 6) is -0.958. The second-order valence-corrected chi connectivity index (χ2v) is 6.10. The molecule has 0 bridgehead atoms. The Balaban J connectivity index is 1.74. The van der Waals surface area contributed by atoms with E-state index in [1.165, 1.54) is 23.9 Å². The standard InChI is InChI=1S/C19H22ClN3O3/c1-3-23(16-6-4-5-14(2)11-16)10-9-21-18(24)13-26-19(25)15-7-8-17(20)22-12-15/h4-8,11-12H,3,9-10,13H2,1-2H3,(H,21,24). The van der Waals surface area contributed by atoms with Crippen LogP contribution in [-0.4, -0.2) is 43.1 Å².